The van der Waals surface area contributed by atoms with Gasteiger partial charge < -0.3 is 10.0 Å². The quantitative estimate of drug-likeness (QED) is 0.759. The van der Waals surface area contributed by atoms with E-state index in [1.54, 1.807) is 22.6 Å². The first-order valence-electron chi connectivity index (χ1n) is 7.60. The zero-order chi connectivity index (χ0) is 17.6. The van der Waals surface area contributed by atoms with Crippen molar-refractivity contribution in [2.45, 2.75) is 26.1 Å². The Morgan fingerprint density at radius 3 is 2.58 bits per heavy atom. The number of aliphatic hydroxyl groups excluding tert-OH is 1. The van der Waals surface area contributed by atoms with E-state index in [0.29, 0.717) is 25.3 Å². The summed E-state index contributed by atoms with van der Waals surface area (Å²) in [7, 11) is 2.84. The number of hydrogen-bond acceptors (Lipinski definition) is 5. The number of nitrogens with zero attached hydrogens (tertiary/aromatic N) is 5. The molecule has 9 heteroatoms. The predicted octanol–water partition coefficient (Wildman–Crippen LogP) is -1.01. The topological polar surface area (TPSA) is 102 Å². The SMILES string of the molecule is CC(O)c1cc2n(n1)CCN(C(=O)c1cc(=O)n(C)c(=O)n1C)C2. The Hall–Kier alpha value is -2.68. The second kappa shape index (κ2) is 5.75. The van der Waals surface area contributed by atoms with Crippen LogP contribution in [0.2, 0.25) is 0 Å². The van der Waals surface area contributed by atoms with E-state index in [-0.39, 0.29) is 11.6 Å². The molecule has 0 aromatic carbocycles. The fraction of sp³-hybridized carbons (Fsp3) is 0.467. The van der Waals surface area contributed by atoms with Crippen molar-refractivity contribution < 1.29 is 9.90 Å². The summed E-state index contributed by atoms with van der Waals surface area (Å²) in [5, 5.41) is 13.9. The van der Waals surface area contributed by atoms with E-state index < -0.39 is 17.4 Å². The number of fused-ring (bicyclic) bond motifs is 1. The lowest BCUT2D eigenvalue weighted by Gasteiger charge is -2.28. The number of carbonyl (C=O) groups is 1. The van der Waals surface area contributed by atoms with Crippen molar-refractivity contribution in [2.24, 2.45) is 14.1 Å². The number of rotatable bonds is 2. The lowest BCUT2D eigenvalue weighted by molar-refractivity contribution is 0.0693. The van der Waals surface area contributed by atoms with E-state index in [1.165, 1.54) is 24.7 Å². The lowest BCUT2D eigenvalue weighted by atomic mass is 10.2. The molecular weight excluding hydrogens is 314 g/mol. The van der Waals surface area contributed by atoms with E-state index in [9.17, 15) is 19.5 Å². The van der Waals surface area contributed by atoms with Gasteiger partial charge in [0.25, 0.3) is 11.5 Å². The highest BCUT2D eigenvalue weighted by molar-refractivity contribution is 5.92. The van der Waals surface area contributed by atoms with Crippen LogP contribution in [0.1, 0.15) is 34.9 Å². The molecular formula is C15H19N5O4. The van der Waals surface area contributed by atoms with Crippen LogP contribution in [0.5, 0.6) is 0 Å². The molecule has 1 aliphatic rings. The fourth-order valence-electron chi connectivity index (χ4n) is 2.77. The van der Waals surface area contributed by atoms with Gasteiger partial charge in [-0.3, -0.25) is 23.4 Å². The Morgan fingerprint density at radius 2 is 1.92 bits per heavy atom. The molecule has 1 amide bonds. The first-order chi connectivity index (χ1) is 11.3. The molecule has 0 saturated heterocycles. The van der Waals surface area contributed by atoms with Gasteiger partial charge in [0.2, 0.25) is 0 Å². The smallest absolute Gasteiger partial charge is 0.331 e. The van der Waals surface area contributed by atoms with Crippen molar-refractivity contribution in [3.05, 3.63) is 50.1 Å². The zero-order valence-corrected chi connectivity index (χ0v) is 13.8. The van der Waals surface area contributed by atoms with Gasteiger partial charge in [0.05, 0.1) is 30.6 Å². The Bertz CT molecular complexity index is 921. The fourth-order valence-corrected chi connectivity index (χ4v) is 2.77. The molecule has 0 saturated carbocycles. The van der Waals surface area contributed by atoms with Crippen molar-refractivity contribution in [1.82, 2.24) is 23.8 Å². The maximum Gasteiger partial charge on any atom is 0.331 e. The number of aliphatic hydroxyl groups is 1. The van der Waals surface area contributed by atoms with Crippen LogP contribution < -0.4 is 11.2 Å². The summed E-state index contributed by atoms with van der Waals surface area (Å²) in [6, 6.07) is 2.93. The van der Waals surface area contributed by atoms with Crippen molar-refractivity contribution >= 4 is 5.91 Å². The number of hydrogen-bond donors (Lipinski definition) is 1. The molecule has 0 spiro atoms. The van der Waals surface area contributed by atoms with E-state index in [4.69, 9.17) is 0 Å². The van der Waals surface area contributed by atoms with Crippen LogP contribution in [0, 0.1) is 0 Å². The van der Waals surface area contributed by atoms with Gasteiger partial charge in [0.1, 0.15) is 5.69 Å². The maximum atomic E-state index is 12.7. The summed E-state index contributed by atoms with van der Waals surface area (Å²) in [4.78, 5) is 38.1. The van der Waals surface area contributed by atoms with Gasteiger partial charge in [0, 0.05) is 26.7 Å². The number of carbonyl (C=O) groups excluding carboxylic acids is 1. The lowest BCUT2D eigenvalue weighted by Crippen LogP contribution is -2.44. The maximum absolute atomic E-state index is 12.7. The predicted molar refractivity (Wildman–Crippen MR) is 84.5 cm³/mol. The summed E-state index contributed by atoms with van der Waals surface area (Å²) in [5.41, 5.74) is 0.371. The van der Waals surface area contributed by atoms with Gasteiger partial charge in [-0.05, 0) is 13.0 Å². The molecule has 1 aliphatic heterocycles. The Morgan fingerprint density at radius 1 is 1.21 bits per heavy atom. The molecule has 0 radical (unpaired) electrons. The molecule has 2 aromatic heterocycles. The van der Waals surface area contributed by atoms with Gasteiger partial charge >= 0.3 is 5.69 Å². The molecule has 1 unspecified atom stereocenters. The van der Waals surface area contributed by atoms with Gasteiger partial charge in [-0.15, -0.1) is 0 Å². The highest BCUT2D eigenvalue weighted by atomic mass is 16.3. The molecule has 1 N–H and O–H groups in total. The molecule has 0 aliphatic carbocycles. The highest BCUT2D eigenvalue weighted by Gasteiger charge is 2.26. The van der Waals surface area contributed by atoms with E-state index in [0.717, 1.165) is 10.3 Å². The minimum Gasteiger partial charge on any atom is -0.387 e. The summed E-state index contributed by atoms with van der Waals surface area (Å²) in [5.74, 6) is -0.377. The Kier molecular flexibility index (Phi) is 3.88. The van der Waals surface area contributed by atoms with Gasteiger partial charge in [-0.1, -0.05) is 0 Å². The summed E-state index contributed by atoms with van der Waals surface area (Å²) < 4.78 is 3.89. The minimum absolute atomic E-state index is 0.0619. The monoisotopic (exact) mass is 333 g/mol. The molecule has 3 heterocycles. The first-order valence-corrected chi connectivity index (χ1v) is 7.60. The van der Waals surface area contributed by atoms with Crippen LogP contribution >= 0.6 is 0 Å². The largest absolute Gasteiger partial charge is 0.387 e. The molecule has 0 fully saturated rings. The highest BCUT2D eigenvalue weighted by Crippen LogP contribution is 2.18. The van der Waals surface area contributed by atoms with E-state index in [2.05, 4.69) is 5.10 Å². The minimum atomic E-state index is -0.676. The number of aromatic nitrogens is 4. The van der Waals surface area contributed by atoms with Gasteiger partial charge in [-0.25, -0.2) is 4.79 Å². The van der Waals surface area contributed by atoms with E-state index >= 15 is 0 Å². The van der Waals surface area contributed by atoms with Crippen molar-refractivity contribution in [3.8, 4) is 0 Å². The molecule has 24 heavy (non-hydrogen) atoms. The van der Waals surface area contributed by atoms with Crippen molar-refractivity contribution in [2.75, 3.05) is 6.54 Å². The summed E-state index contributed by atoms with van der Waals surface area (Å²) >= 11 is 0. The summed E-state index contributed by atoms with van der Waals surface area (Å²) in [6.45, 7) is 2.84. The van der Waals surface area contributed by atoms with Crippen LogP contribution in [-0.4, -0.2) is 41.4 Å². The average molecular weight is 333 g/mol. The average Bonchev–Trinajstić information content (AvgIpc) is 2.99. The molecule has 3 rings (SSSR count). The van der Waals surface area contributed by atoms with Gasteiger partial charge in [-0.2, -0.15) is 5.10 Å². The summed E-state index contributed by atoms with van der Waals surface area (Å²) in [6.07, 6.45) is -0.676. The number of amides is 1. The van der Waals surface area contributed by atoms with Crippen LogP contribution in [0.3, 0.4) is 0 Å². The molecule has 9 nitrogen and oxygen atoms in total. The second-order valence-corrected chi connectivity index (χ2v) is 5.95. The zero-order valence-electron chi connectivity index (χ0n) is 13.8. The van der Waals surface area contributed by atoms with Crippen LogP contribution in [-0.2, 0) is 27.2 Å². The molecule has 0 bridgehead atoms. The van der Waals surface area contributed by atoms with E-state index in [1.807, 2.05) is 0 Å². The third-order valence-electron chi connectivity index (χ3n) is 4.28. The van der Waals surface area contributed by atoms with Gasteiger partial charge in [0.15, 0.2) is 0 Å². The molecule has 2 aromatic rings. The first kappa shape index (κ1) is 16.2. The molecule has 128 valence electrons. The van der Waals surface area contributed by atoms with Crippen LogP contribution in [0.15, 0.2) is 21.7 Å². The molecule has 1 atom stereocenters. The van der Waals surface area contributed by atoms with Crippen LogP contribution in [0.4, 0.5) is 0 Å². The third-order valence-corrected chi connectivity index (χ3v) is 4.28. The Labute approximate surface area is 137 Å². The van der Waals surface area contributed by atoms with Crippen molar-refractivity contribution in [3.63, 3.8) is 0 Å². The standard InChI is InChI=1S/C15H19N5O4/c1-9(21)11-6-10-8-19(4-5-20(10)16-11)14(23)12-7-13(22)18(3)15(24)17(12)2/h6-7,9,21H,4-5,8H2,1-3H3. The Balaban J connectivity index is 1.92. The van der Waals surface area contributed by atoms with Crippen LogP contribution in [0.25, 0.3) is 0 Å². The van der Waals surface area contributed by atoms with Crippen molar-refractivity contribution in [1.29, 1.82) is 0 Å². The third kappa shape index (κ3) is 2.56. The second-order valence-electron chi connectivity index (χ2n) is 5.95. The normalized spacial score (nSPS) is 15.2.